The number of nitrogens with one attached hydrogen (secondary N) is 2. The van der Waals surface area contributed by atoms with E-state index < -0.39 is 41.2 Å². The van der Waals surface area contributed by atoms with E-state index in [0.29, 0.717) is 6.42 Å². The molecule has 0 aromatic carbocycles. The van der Waals surface area contributed by atoms with Gasteiger partial charge >= 0.3 is 0 Å². The molecule has 34 heavy (non-hydrogen) atoms. The van der Waals surface area contributed by atoms with Gasteiger partial charge in [-0.05, 0) is 38.0 Å². The summed E-state index contributed by atoms with van der Waals surface area (Å²) in [6, 6.07) is -1.46. The van der Waals surface area contributed by atoms with Crippen molar-refractivity contribution in [1.29, 1.82) is 0 Å². The average molecular weight is 545 g/mol. The fourth-order valence-corrected chi connectivity index (χ4v) is 7.72. The number of hydrogen-bond acceptors (Lipinski definition) is 5. The average Bonchev–Trinajstić information content (AvgIpc) is 3.29. The highest BCUT2D eigenvalue weighted by atomic mass is 79.9. The minimum Gasteiger partial charge on any atom is -0.394 e. The molecule has 0 aliphatic carbocycles. The maximum atomic E-state index is 14.0. The Labute approximate surface area is 212 Å². The number of amides is 3. The Bertz CT molecular complexity index is 828. The molecule has 0 aromatic rings. The van der Waals surface area contributed by atoms with E-state index in [1.54, 1.807) is 11.9 Å². The molecule has 3 unspecified atom stereocenters. The molecule has 1 spiro atoms. The summed E-state index contributed by atoms with van der Waals surface area (Å²) in [5.74, 6) is -2.29. The number of aliphatic hydroxyl groups is 1. The molecule has 0 saturated carbocycles. The highest BCUT2D eigenvalue weighted by Crippen LogP contribution is 2.60. The standard InChI is InChI=1S/C25H42BrN3O5/c1-9-13(2)15(11-30)29-19(21(32)28-24(6,7)12-23(3,4)5)25-10-14(26)18(34-25)16(20(31)27-8)17(25)22(29)33/h13-19,30H,9-12H2,1-8H3,(H,27,31)(H,28,32)/t13-,14?,15-,16+,17-,18+,19?,25?/m0/s1. The molecular weight excluding hydrogens is 502 g/mol. The Hall–Kier alpha value is -1.19. The van der Waals surface area contributed by atoms with E-state index in [-0.39, 0.29) is 40.5 Å². The lowest BCUT2D eigenvalue weighted by Gasteiger charge is -2.41. The van der Waals surface area contributed by atoms with Gasteiger partial charge in [0.1, 0.15) is 11.6 Å². The molecule has 194 valence electrons. The predicted molar refractivity (Wildman–Crippen MR) is 133 cm³/mol. The van der Waals surface area contributed by atoms with Crippen LogP contribution in [0.25, 0.3) is 0 Å². The van der Waals surface area contributed by atoms with Gasteiger partial charge in [0.05, 0.1) is 30.6 Å². The normalized spacial score (nSPS) is 34.7. The van der Waals surface area contributed by atoms with E-state index in [0.717, 1.165) is 12.8 Å². The number of fused-ring (bicyclic) bond motifs is 1. The van der Waals surface area contributed by atoms with Gasteiger partial charge in [-0.25, -0.2) is 0 Å². The topological polar surface area (TPSA) is 108 Å². The lowest BCUT2D eigenvalue weighted by atomic mass is 9.70. The van der Waals surface area contributed by atoms with Gasteiger partial charge in [0.15, 0.2) is 0 Å². The third-order valence-corrected chi connectivity index (χ3v) is 8.65. The summed E-state index contributed by atoms with van der Waals surface area (Å²) < 4.78 is 6.48. The highest BCUT2D eigenvalue weighted by Gasteiger charge is 2.77. The van der Waals surface area contributed by atoms with Crippen molar-refractivity contribution in [3.05, 3.63) is 0 Å². The van der Waals surface area contributed by atoms with Gasteiger partial charge < -0.3 is 25.4 Å². The SMILES string of the molecule is CC[C@H](C)[C@H](CO)N1C(=O)[C@@H]2[C@@H](C(=O)NC)[C@@H]3OC2(CC3Br)C1C(=O)NC(C)(C)CC(C)(C)C. The van der Waals surface area contributed by atoms with E-state index in [4.69, 9.17) is 4.74 Å². The van der Waals surface area contributed by atoms with Crippen LogP contribution in [0.2, 0.25) is 0 Å². The summed E-state index contributed by atoms with van der Waals surface area (Å²) in [4.78, 5) is 42.3. The van der Waals surface area contributed by atoms with E-state index in [1.165, 1.54) is 0 Å². The van der Waals surface area contributed by atoms with E-state index in [2.05, 4.69) is 47.3 Å². The second-order valence-corrected chi connectivity index (χ2v) is 13.4. The smallest absolute Gasteiger partial charge is 0.246 e. The maximum absolute atomic E-state index is 14.0. The Morgan fingerprint density at radius 3 is 2.38 bits per heavy atom. The first-order valence-corrected chi connectivity index (χ1v) is 13.3. The summed E-state index contributed by atoms with van der Waals surface area (Å²) in [7, 11) is 1.55. The van der Waals surface area contributed by atoms with Gasteiger partial charge in [-0.15, -0.1) is 0 Å². The zero-order chi connectivity index (χ0) is 25.8. The number of ether oxygens (including phenoxy) is 1. The zero-order valence-electron chi connectivity index (χ0n) is 21.8. The van der Waals surface area contributed by atoms with Crippen molar-refractivity contribution >= 4 is 33.7 Å². The predicted octanol–water partition coefficient (Wildman–Crippen LogP) is 2.22. The van der Waals surface area contributed by atoms with Crippen LogP contribution in [-0.4, -0.2) is 75.5 Å². The summed E-state index contributed by atoms with van der Waals surface area (Å²) in [5, 5.41) is 16.2. The first-order valence-electron chi connectivity index (χ1n) is 12.4. The monoisotopic (exact) mass is 543 g/mol. The van der Waals surface area contributed by atoms with Crippen molar-refractivity contribution < 1.29 is 24.2 Å². The van der Waals surface area contributed by atoms with Crippen LogP contribution in [0.5, 0.6) is 0 Å². The van der Waals surface area contributed by atoms with Crippen molar-refractivity contribution in [3.63, 3.8) is 0 Å². The second kappa shape index (κ2) is 9.36. The number of rotatable bonds is 8. The zero-order valence-corrected chi connectivity index (χ0v) is 23.4. The molecule has 0 aromatic heterocycles. The van der Waals surface area contributed by atoms with Gasteiger partial charge in [0.2, 0.25) is 17.7 Å². The van der Waals surface area contributed by atoms with Gasteiger partial charge in [0, 0.05) is 17.4 Å². The van der Waals surface area contributed by atoms with Crippen LogP contribution >= 0.6 is 15.9 Å². The molecule has 3 N–H and O–H groups in total. The number of halogens is 1. The molecule has 8 atom stereocenters. The third-order valence-electron chi connectivity index (χ3n) is 7.80. The molecule has 3 rings (SSSR count). The molecule has 3 amide bonds. The molecule has 3 aliphatic rings. The second-order valence-electron chi connectivity index (χ2n) is 12.3. The van der Waals surface area contributed by atoms with Crippen LogP contribution in [0.3, 0.4) is 0 Å². The molecule has 8 nitrogen and oxygen atoms in total. The number of nitrogens with zero attached hydrogens (tertiary/aromatic N) is 1. The molecule has 3 aliphatic heterocycles. The number of likely N-dealkylation sites (tertiary alicyclic amines) is 1. The van der Waals surface area contributed by atoms with Crippen molar-refractivity contribution in [1.82, 2.24) is 15.5 Å². The first-order chi connectivity index (χ1) is 15.6. The quantitative estimate of drug-likeness (QED) is 0.407. The van der Waals surface area contributed by atoms with Crippen LogP contribution < -0.4 is 10.6 Å². The fraction of sp³-hybridized carbons (Fsp3) is 0.880. The third kappa shape index (κ3) is 4.52. The minimum atomic E-state index is -1.12. The van der Waals surface area contributed by atoms with Gasteiger partial charge in [-0.2, -0.15) is 0 Å². The number of carbonyl (C=O) groups is 3. The summed E-state index contributed by atoms with van der Waals surface area (Å²) in [5.41, 5.74) is -1.65. The summed E-state index contributed by atoms with van der Waals surface area (Å²) in [6.07, 6.45) is 1.45. The van der Waals surface area contributed by atoms with Crippen LogP contribution in [0.4, 0.5) is 0 Å². The van der Waals surface area contributed by atoms with E-state index >= 15 is 0 Å². The highest BCUT2D eigenvalue weighted by molar-refractivity contribution is 9.09. The molecule has 3 heterocycles. The van der Waals surface area contributed by atoms with Crippen molar-refractivity contribution in [3.8, 4) is 0 Å². The Balaban J connectivity index is 2.08. The molecule has 3 saturated heterocycles. The molecule has 9 heteroatoms. The lowest BCUT2D eigenvalue weighted by molar-refractivity contribution is -0.147. The number of alkyl halides is 1. The van der Waals surface area contributed by atoms with Gasteiger partial charge in [0.25, 0.3) is 0 Å². The van der Waals surface area contributed by atoms with E-state index in [1.807, 2.05) is 27.7 Å². The van der Waals surface area contributed by atoms with E-state index in [9.17, 15) is 19.5 Å². The van der Waals surface area contributed by atoms with Crippen molar-refractivity contribution in [2.75, 3.05) is 13.7 Å². The molecule has 3 fully saturated rings. The molecule has 2 bridgehead atoms. The largest absolute Gasteiger partial charge is 0.394 e. The summed E-state index contributed by atoms with van der Waals surface area (Å²) >= 11 is 3.66. The summed E-state index contributed by atoms with van der Waals surface area (Å²) in [6.45, 7) is 14.0. The fourth-order valence-electron chi connectivity index (χ4n) is 6.78. The first kappa shape index (κ1) is 27.4. The van der Waals surface area contributed by atoms with Crippen molar-refractivity contribution in [2.45, 2.75) is 102 Å². The van der Waals surface area contributed by atoms with Gasteiger partial charge in [-0.3, -0.25) is 14.4 Å². The number of aliphatic hydroxyl groups excluding tert-OH is 1. The van der Waals surface area contributed by atoms with Crippen LogP contribution in [0.1, 0.15) is 67.7 Å². The van der Waals surface area contributed by atoms with Crippen LogP contribution in [-0.2, 0) is 19.1 Å². The minimum absolute atomic E-state index is 0.0132. The van der Waals surface area contributed by atoms with Crippen LogP contribution in [0, 0.1) is 23.2 Å². The maximum Gasteiger partial charge on any atom is 0.246 e. The van der Waals surface area contributed by atoms with Crippen LogP contribution in [0.15, 0.2) is 0 Å². The van der Waals surface area contributed by atoms with Crippen molar-refractivity contribution in [2.24, 2.45) is 23.2 Å². The Kier molecular flexibility index (Phi) is 7.54. The lowest BCUT2D eigenvalue weighted by Crippen LogP contribution is -2.62. The number of hydrogen-bond donors (Lipinski definition) is 3. The van der Waals surface area contributed by atoms with Gasteiger partial charge in [-0.1, -0.05) is 57.0 Å². The number of carbonyl (C=O) groups excluding carboxylic acids is 3. The Morgan fingerprint density at radius 1 is 1.26 bits per heavy atom. The molecule has 0 radical (unpaired) electrons. The molecular formula is C25H42BrN3O5. The Morgan fingerprint density at radius 2 is 1.88 bits per heavy atom.